The number of nitrogens with zero attached hydrogens (tertiary/aromatic N) is 1. The molecule has 9 nitrogen and oxygen atoms in total. The summed E-state index contributed by atoms with van der Waals surface area (Å²) in [5, 5.41) is 6.57. The Bertz CT molecular complexity index is 1190. The molecule has 9 heteroatoms. The Labute approximate surface area is 191 Å². The van der Waals surface area contributed by atoms with Crippen molar-refractivity contribution < 1.29 is 23.9 Å². The van der Waals surface area contributed by atoms with Crippen LogP contribution in [0.25, 0.3) is 10.9 Å². The molecule has 4 rings (SSSR count). The number of anilines is 1. The molecule has 0 unspecified atom stereocenters. The molecule has 0 radical (unpaired) electrons. The lowest BCUT2D eigenvalue weighted by molar-refractivity contribution is -0.127. The lowest BCUT2D eigenvalue weighted by Gasteiger charge is -2.14. The zero-order chi connectivity index (χ0) is 23.4. The lowest BCUT2D eigenvalue weighted by atomic mass is 10.1. The van der Waals surface area contributed by atoms with E-state index in [2.05, 4.69) is 15.6 Å². The average molecular weight is 450 g/mol. The summed E-state index contributed by atoms with van der Waals surface area (Å²) in [5.41, 5.74) is 2.51. The fourth-order valence-corrected chi connectivity index (χ4v) is 3.89. The van der Waals surface area contributed by atoms with Crippen molar-refractivity contribution in [1.82, 2.24) is 15.2 Å². The number of nitrogens with one attached hydrogen (secondary N) is 3. The maximum atomic E-state index is 12.7. The van der Waals surface area contributed by atoms with Crippen LogP contribution in [0.2, 0.25) is 0 Å². The molecule has 0 spiro atoms. The molecule has 1 saturated heterocycles. The standard InChI is InChI=1S/C24H26N4O5/c1-32-20-7-3-15(13-21(20)33-2)10-12-28-23(30)18(27-24(28)31)6-8-22(29)26-17-5-4-16-9-11-25-19(16)14-17/h3-5,7,9,11,13-14,18,25H,6,8,10,12H2,1-2H3,(H,26,29)(H,27,31)/t18-/m1/s1. The Hall–Kier alpha value is -4.01. The highest BCUT2D eigenvalue weighted by Gasteiger charge is 2.37. The van der Waals surface area contributed by atoms with E-state index in [9.17, 15) is 14.4 Å². The second-order valence-corrected chi connectivity index (χ2v) is 7.80. The molecule has 2 heterocycles. The molecule has 0 aliphatic carbocycles. The van der Waals surface area contributed by atoms with E-state index in [1.807, 2.05) is 42.6 Å². The van der Waals surface area contributed by atoms with Gasteiger partial charge in [0.05, 0.1) is 14.2 Å². The van der Waals surface area contributed by atoms with Crippen molar-refractivity contribution in [2.45, 2.75) is 25.3 Å². The predicted molar refractivity (Wildman–Crippen MR) is 123 cm³/mol. The number of amides is 4. The number of aromatic nitrogens is 1. The van der Waals surface area contributed by atoms with Crippen LogP contribution in [0.15, 0.2) is 48.7 Å². The summed E-state index contributed by atoms with van der Waals surface area (Å²) >= 11 is 0. The lowest BCUT2D eigenvalue weighted by Crippen LogP contribution is -2.33. The smallest absolute Gasteiger partial charge is 0.324 e. The SMILES string of the molecule is COc1ccc(CCN2C(=O)N[C@H](CCC(=O)Nc3ccc4cc[nH]c4c3)C2=O)cc1OC. The summed E-state index contributed by atoms with van der Waals surface area (Å²) in [6.45, 7) is 0.235. The number of fused-ring (bicyclic) bond motifs is 1. The van der Waals surface area contributed by atoms with Crippen molar-refractivity contribution in [2.75, 3.05) is 26.1 Å². The summed E-state index contributed by atoms with van der Waals surface area (Å²) in [7, 11) is 3.11. The average Bonchev–Trinajstić information content (AvgIpc) is 3.39. The van der Waals surface area contributed by atoms with Gasteiger partial charge in [-0.3, -0.25) is 14.5 Å². The van der Waals surface area contributed by atoms with Gasteiger partial charge in [-0.05, 0) is 54.1 Å². The molecule has 0 saturated carbocycles. The third-order valence-electron chi connectivity index (χ3n) is 5.68. The molecule has 3 N–H and O–H groups in total. The van der Waals surface area contributed by atoms with E-state index in [-0.39, 0.29) is 31.2 Å². The summed E-state index contributed by atoms with van der Waals surface area (Å²) in [5.74, 6) is 0.668. The molecule has 0 bridgehead atoms. The number of benzene rings is 2. The first-order valence-electron chi connectivity index (χ1n) is 10.7. The highest BCUT2D eigenvalue weighted by molar-refractivity contribution is 6.04. The first-order valence-corrected chi connectivity index (χ1v) is 10.7. The van der Waals surface area contributed by atoms with Crippen LogP contribution >= 0.6 is 0 Å². The molecule has 33 heavy (non-hydrogen) atoms. The third-order valence-corrected chi connectivity index (χ3v) is 5.68. The monoisotopic (exact) mass is 450 g/mol. The van der Waals surface area contributed by atoms with Crippen LogP contribution in [0.4, 0.5) is 10.5 Å². The number of urea groups is 1. The molecule has 4 amide bonds. The van der Waals surface area contributed by atoms with Gasteiger partial charge in [-0.2, -0.15) is 0 Å². The first-order chi connectivity index (χ1) is 16.0. The van der Waals surface area contributed by atoms with Crippen molar-refractivity contribution in [3.63, 3.8) is 0 Å². The number of ether oxygens (including phenoxy) is 2. The van der Waals surface area contributed by atoms with Crippen LogP contribution < -0.4 is 20.1 Å². The Morgan fingerprint density at radius 3 is 2.67 bits per heavy atom. The predicted octanol–water partition coefficient (Wildman–Crippen LogP) is 3.07. The van der Waals surface area contributed by atoms with Gasteiger partial charge in [0.25, 0.3) is 5.91 Å². The number of methoxy groups -OCH3 is 2. The zero-order valence-electron chi connectivity index (χ0n) is 18.5. The second-order valence-electron chi connectivity index (χ2n) is 7.80. The molecule has 3 aromatic rings. The van der Waals surface area contributed by atoms with E-state index in [4.69, 9.17) is 9.47 Å². The second kappa shape index (κ2) is 9.64. The van der Waals surface area contributed by atoms with Gasteiger partial charge >= 0.3 is 6.03 Å². The van der Waals surface area contributed by atoms with Gasteiger partial charge < -0.3 is 25.1 Å². The third kappa shape index (κ3) is 4.92. The molecular weight excluding hydrogens is 424 g/mol. The van der Waals surface area contributed by atoms with Crippen LogP contribution in [0.3, 0.4) is 0 Å². The van der Waals surface area contributed by atoms with E-state index < -0.39 is 12.1 Å². The maximum Gasteiger partial charge on any atom is 0.324 e. The van der Waals surface area contributed by atoms with Crippen molar-refractivity contribution >= 4 is 34.4 Å². The zero-order valence-corrected chi connectivity index (χ0v) is 18.5. The number of hydrogen-bond donors (Lipinski definition) is 3. The van der Waals surface area contributed by atoms with Gasteiger partial charge in [-0.1, -0.05) is 12.1 Å². The van der Waals surface area contributed by atoms with E-state index in [1.54, 1.807) is 20.3 Å². The highest BCUT2D eigenvalue weighted by atomic mass is 16.5. The van der Waals surface area contributed by atoms with E-state index in [0.29, 0.717) is 23.6 Å². The molecule has 172 valence electrons. The highest BCUT2D eigenvalue weighted by Crippen LogP contribution is 2.28. The molecule has 1 fully saturated rings. The van der Waals surface area contributed by atoms with Crippen molar-refractivity contribution in [1.29, 1.82) is 0 Å². The summed E-state index contributed by atoms with van der Waals surface area (Å²) < 4.78 is 10.5. The van der Waals surface area contributed by atoms with E-state index in [0.717, 1.165) is 16.5 Å². The number of H-pyrrole nitrogens is 1. The number of carbonyl (C=O) groups is 3. The van der Waals surface area contributed by atoms with Crippen LogP contribution in [0.1, 0.15) is 18.4 Å². The quantitative estimate of drug-likeness (QED) is 0.434. The minimum atomic E-state index is -0.709. The normalized spacial score (nSPS) is 15.6. The van der Waals surface area contributed by atoms with Gasteiger partial charge in [0.1, 0.15) is 6.04 Å². The number of aromatic amines is 1. The number of rotatable bonds is 9. The van der Waals surface area contributed by atoms with Gasteiger partial charge in [0.2, 0.25) is 5.91 Å². The van der Waals surface area contributed by atoms with Crippen molar-refractivity contribution in [3.05, 3.63) is 54.2 Å². The summed E-state index contributed by atoms with van der Waals surface area (Å²) in [4.78, 5) is 41.7. The molecule has 1 aromatic heterocycles. The van der Waals surface area contributed by atoms with Crippen LogP contribution in [0, 0.1) is 0 Å². The Balaban J connectivity index is 1.29. The molecule has 1 aliphatic rings. The molecule has 2 aromatic carbocycles. The van der Waals surface area contributed by atoms with Gasteiger partial charge in [-0.25, -0.2) is 4.79 Å². The number of hydrogen-bond acceptors (Lipinski definition) is 5. The van der Waals surface area contributed by atoms with Crippen LogP contribution in [-0.2, 0) is 16.0 Å². The number of imide groups is 1. The van der Waals surface area contributed by atoms with E-state index in [1.165, 1.54) is 4.90 Å². The maximum absolute atomic E-state index is 12.7. The van der Waals surface area contributed by atoms with Crippen molar-refractivity contribution in [3.8, 4) is 11.5 Å². The minimum absolute atomic E-state index is 0.114. The molecule has 1 atom stereocenters. The van der Waals surface area contributed by atoms with Gasteiger partial charge in [0, 0.05) is 30.4 Å². The van der Waals surface area contributed by atoms with Gasteiger partial charge in [0.15, 0.2) is 11.5 Å². The Morgan fingerprint density at radius 1 is 1.06 bits per heavy atom. The largest absolute Gasteiger partial charge is 0.493 e. The summed E-state index contributed by atoms with van der Waals surface area (Å²) in [6.07, 6.45) is 2.66. The van der Waals surface area contributed by atoms with Crippen LogP contribution in [0.5, 0.6) is 11.5 Å². The molecule has 1 aliphatic heterocycles. The molecular formula is C24H26N4O5. The van der Waals surface area contributed by atoms with E-state index >= 15 is 0 Å². The van der Waals surface area contributed by atoms with Gasteiger partial charge in [-0.15, -0.1) is 0 Å². The Morgan fingerprint density at radius 2 is 1.88 bits per heavy atom. The fourth-order valence-electron chi connectivity index (χ4n) is 3.89. The fraction of sp³-hybridized carbons (Fsp3) is 0.292. The first kappa shape index (κ1) is 22.2. The minimum Gasteiger partial charge on any atom is -0.493 e. The topological polar surface area (TPSA) is 113 Å². The number of carbonyl (C=O) groups excluding carboxylic acids is 3. The Kier molecular flexibility index (Phi) is 6.48. The summed E-state index contributed by atoms with van der Waals surface area (Å²) in [6, 6.07) is 11.9. The van der Waals surface area contributed by atoms with Crippen LogP contribution in [-0.4, -0.2) is 54.5 Å². The van der Waals surface area contributed by atoms with Crippen molar-refractivity contribution in [2.24, 2.45) is 0 Å².